The van der Waals surface area contributed by atoms with Crippen LogP contribution in [0.2, 0.25) is 5.02 Å². The first-order valence-corrected chi connectivity index (χ1v) is 10.9. The maximum Gasteiger partial charge on any atom is 0.290 e. The first-order chi connectivity index (χ1) is 14.8. The van der Waals surface area contributed by atoms with Gasteiger partial charge in [0, 0.05) is 18.2 Å². The predicted molar refractivity (Wildman–Crippen MR) is 122 cm³/mol. The van der Waals surface area contributed by atoms with Crippen LogP contribution in [0.1, 0.15) is 59.1 Å². The second-order valence-corrected chi connectivity index (χ2v) is 8.79. The van der Waals surface area contributed by atoms with Gasteiger partial charge in [0.25, 0.3) is 5.91 Å². The van der Waals surface area contributed by atoms with Crippen molar-refractivity contribution >= 4 is 28.5 Å². The molecule has 1 unspecified atom stereocenters. The normalized spacial score (nSPS) is 15.9. The highest BCUT2D eigenvalue weighted by atomic mass is 35.5. The molecule has 0 spiro atoms. The monoisotopic (exact) mass is 439 g/mol. The van der Waals surface area contributed by atoms with E-state index in [0.29, 0.717) is 41.1 Å². The van der Waals surface area contributed by atoms with Gasteiger partial charge < -0.3 is 14.1 Å². The van der Waals surface area contributed by atoms with Crippen molar-refractivity contribution in [1.29, 1.82) is 0 Å². The van der Waals surface area contributed by atoms with Crippen molar-refractivity contribution in [3.05, 3.63) is 79.7 Å². The quantitative estimate of drug-likeness (QED) is 0.481. The summed E-state index contributed by atoms with van der Waals surface area (Å²) in [7, 11) is 0. The Bertz CT molecular complexity index is 1200. The van der Waals surface area contributed by atoms with Gasteiger partial charge in [-0.25, -0.2) is 0 Å². The number of halogens is 1. The Morgan fingerprint density at radius 2 is 1.84 bits per heavy atom. The number of carbonyl (C=O) groups is 1. The van der Waals surface area contributed by atoms with Crippen LogP contribution in [0.5, 0.6) is 0 Å². The molecule has 0 aliphatic carbocycles. The number of hydrogen-bond donors (Lipinski definition) is 0. The molecular formula is C25H26ClNO4. The van der Waals surface area contributed by atoms with E-state index < -0.39 is 6.04 Å². The summed E-state index contributed by atoms with van der Waals surface area (Å²) in [5.74, 6) is -0.132. The van der Waals surface area contributed by atoms with E-state index in [1.165, 1.54) is 0 Å². The summed E-state index contributed by atoms with van der Waals surface area (Å²) in [5.41, 5.74) is 3.37. The van der Waals surface area contributed by atoms with Gasteiger partial charge in [0.15, 0.2) is 5.43 Å². The minimum atomic E-state index is -0.514. The Hall–Kier alpha value is -2.63. The number of hydrogen-bond acceptors (Lipinski definition) is 4. The summed E-state index contributed by atoms with van der Waals surface area (Å²) in [6.45, 7) is 8.78. The molecule has 1 amide bonds. The van der Waals surface area contributed by atoms with Gasteiger partial charge in [-0.3, -0.25) is 9.59 Å². The molecule has 3 aromatic rings. The van der Waals surface area contributed by atoms with Crippen LogP contribution >= 0.6 is 11.6 Å². The van der Waals surface area contributed by atoms with Gasteiger partial charge in [-0.2, -0.15) is 0 Å². The first kappa shape index (κ1) is 21.6. The Morgan fingerprint density at radius 1 is 1.13 bits per heavy atom. The van der Waals surface area contributed by atoms with Gasteiger partial charge in [0.1, 0.15) is 5.58 Å². The SMILES string of the molecule is Cc1cc(C)c2oc3c(c(=O)c2c1)C(c1ccc(Cl)cc1)N(CCCOC(C)C)C3=O. The van der Waals surface area contributed by atoms with Crippen LogP contribution in [-0.4, -0.2) is 30.1 Å². The van der Waals surface area contributed by atoms with E-state index in [0.717, 1.165) is 16.7 Å². The van der Waals surface area contributed by atoms with Crippen LogP contribution in [0, 0.1) is 13.8 Å². The second kappa shape index (κ2) is 8.48. The van der Waals surface area contributed by atoms with Crippen LogP contribution < -0.4 is 5.43 Å². The topological polar surface area (TPSA) is 59.8 Å². The van der Waals surface area contributed by atoms with Crippen LogP contribution in [0.4, 0.5) is 0 Å². The maximum absolute atomic E-state index is 13.6. The molecule has 31 heavy (non-hydrogen) atoms. The van der Waals surface area contributed by atoms with E-state index in [4.69, 9.17) is 20.8 Å². The molecule has 0 saturated heterocycles. The summed E-state index contributed by atoms with van der Waals surface area (Å²) in [5, 5.41) is 1.11. The first-order valence-electron chi connectivity index (χ1n) is 10.5. The molecular weight excluding hydrogens is 414 g/mol. The second-order valence-electron chi connectivity index (χ2n) is 8.36. The zero-order valence-corrected chi connectivity index (χ0v) is 19.0. The lowest BCUT2D eigenvalue weighted by atomic mass is 9.97. The molecule has 0 N–H and O–H groups in total. The van der Waals surface area contributed by atoms with E-state index in [1.807, 2.05) is 52.0 Å². The van der Waals surface area contributed by atoms with Crippen LogP contribution in [0.3, 0.4) is 0 Å². The van der Waals surface area contributed by atoms with Crippen molar-refractivity contribution in [2.75, 3.05) is 13.2 Å². The smallest absolute Gasteiger partial charge is 0.290 e. The third kappa shape index (κ3) is 4.00. The van der Waals surface area contributed by atoms with Crippen molar-refractivity contribution in [2.24, 2.45) is 0 Å². The number of fused-ring (bicyclic) bond motifs is 2. The number of ether oxygens (including phenoxy) is 1. The van der Waals surface area contributed by atoms with Crippen molar-refractivity contribution in [3.63, 3.8) is 0 Å². The lowest BCUT2D eigenvalue weighted by Crippen LogP contribution is -2.31. The lowest BCUT2D eigenvalue weighted by molar-refractivity contribution is 0.0593. The van der Waals surface area contributed by atoms with E-state index in [-0.39, 0.29) is 23.2 Å². The molecule has 0 radical (unpaired) electrons. The molecule has 0 bridgehead atoms. The van der Waals surface area contributed by atoms with Crippen molar-refractivity contribution in [1.82, 2.24) is 4.90 Å². The predicted octanol–water partition coefficient (Wildman–Crippen LogP) is 5.42. The minimum Gasteiger partial charge on any atom is -0.450 e. The molecule has 4 rings (SSSR count). The lowest BCUT2D eigenvalue weighted by Gasteiger charge is -2.25. The van der Waals surface area contributed by atoms with Gasteiger partial charge in [-0.15, -0.1) is 0 Å². The Balaban J connectivity index is 1.85. The Labute approximate surface area is 186 Å². The minimum absolute atomic E-state index is 0.123. The summed E-state index contributed by atoms with van der Waals surface area (Å²) in [4.78, 5) is 28.7. The molecule has 2 heterocycles. The average molecular weight is 440 g/mol. The number of carbonyl (C=O) groups excluding carboxylic acids is 1. The average Bonchev–Trinajstić information content (AvgIpc) is 2.99. The number of amides is 1. The number of benzene rings is 2. The third-order valence-corrected chi connectivity index (χ3v) is 5.83. The van der Waals surface area contributed by atoms with Crippen molar-refractivity contribution in [2.45, 2.75) is 46.3 Å². The fraction of sp³-hybridized carbons (Fsp3) is 0.360. The van der Waals surface area contributed by atoms with Crippen molar-refractivity contribution in [3.8, 4) is 0 Å². The number of rotatable bonds is 6. The molecule has 6 heteroatoms. The van der Waals surface area contributed by atoms with Gasteiger partial charge in [0.05, 0.1) is 23.1 Å². The highest BCUT2D eigenvalue weighted by Crippen LogP contribution is 2.39. The van der Waals surface area contributed by atoms with Crippen LogP contribution in [-0.2, 0) is 4.74 Å². The zero-order chi connectivity index (χ0) is 22.3. The fourth-order valence-corrected chi connectivity index (χ4v) is 4.38. The van der Waals surface area contributed by atoms with E-state index in [2.05, 4.69) is 0 Å². The summed E-state index contributed by atoms with van der Waals surface area (Å²) < 4.78 is 11.7. The van der Waals surface area contributed by atoms with E-state index in [9.17, 15) is 9.59 Å². The highest BCUT2D eigenvalue weighted by molar-refractivity contribution is 6.30. The molecule has 0 fully saturated rings. The maximum atomic E-state index is 13.6. The molecule has 5 nitrogen and oxygen atoms in total. The van der Waals surface area contributed by atoms with E-state index >= 15 is 0 Å². The molecule has 2 aromatic carbocycles. The number of nitrogens with zero attached hydrogens (tertiary/aromatic N) is 1. The van der Waals surface area contributed by atoms with Crippen LogP contribution in [0.25, 0.3) is 11.0 Å². The molecule has 0 saturated carbocycles. The molecule has 1 aliphatic rings. The van der Waals surface area contributed by atoms with Gasteiger partial charge in [0.2, 0.25) is 5.76 Å². The van der Waals surface area contributed by atoms with Gasteiger partial charge >= 0.3 is 0 Å². The Morgan fingerprint density at radius 3 is 2.52 bits per heavy atom. The van der Waals surface area contributed by atoms with Crippen molar-refractivity contribution < 1.29 is 13.9 Å². The zero-order valence-electron chi connectivity index (χ0n) is 18.2. The third-order valence-electron chi connectivity index (χ3n) is 5.58. The van der Waals surface area contributed by atoms with Crippen LogP contribution in [0.15, 0.2) is 45.6 Å². The Kier molecular flexibility index (Phi) is 5.91. The molecule has 1 aliphatic heterocycles. The summed E-state index contributed by atoms with van der Waals surface area (Å²) in [6.07, 6.45) is 0.784. The standard InChI is InChI=1S/C25H26ClNO4/c1-14(2)30-11-5-10-27-21(17-6-8-18(26)9-7-17)20-22(28)19-13-15(3)12-16(4)23(19)31-24(20)25(27)29/h6-9,12-14,21H,5,10-11H2,1-4H3. The molecule has 162 valence electrons. The summed E-state index contributed by atoms with van der Waals surface area (Å²) >= 11 is 6.08. The molecule has 1 atom stereocenters. The highest BCUT2D eigenvalue weighted by Gasteiger charge is 2.42. The summed E-state index contributed by atoms with van der Waals surface area (Å²) in [6, 6.07) is 10.5. The largest absolute Gasteiger partial charge is 0.450 e. The van der Waals surface area contributed by atoms with Gasteiger partial charge in [-0.1, -0.05) is 29.8 Å². The van der Waals surface area contributed by atoms with E-state index in [1.54, 1.807) is 17.0 Å². The van der Waals surface area contributed by atoms with Gasteiger partial charge in [-0.05, 0) is 69.0 Å². The fourth-order valence-electron chi connectivity index (χ4n) is 4.25. The number of aryl methyl sites for hydroxylation is 2. The molecule has 1 aromatic heterocycles.